The lowest BCUT2D eigenvalue weighted by atomic mass is 10.1. The van der Waals surface area contributed by atoms with Gasteiger partial charge in [0.25, 0.3) is 10.0 Å². The Balaban J connectivity index is 2.43. The molecule has 0 aromatic heterocycles. The Morgan fingerprint density at radius 1 is 1.35 bits per heavy atom. The topological polar surface area (TPSA) is 87.0 Å². The lowest BCUT2D eigenvalue weighted by molar-refractivity contribution is -0.137. The number of aliphatic carboxylic acids is 1. The molecule has 1 aromatic carbocycles. The van der Waals surface area contributed by atoms with Crippen LogP contribution in [0.15, 0.2) is 33.6 Å². The van der Waals surface area contributed by atoms with E-state index in [0.29, 0.717) is 11.4 Å². The van der Waals surface area contributed by atoms with Gasteiger partial charge in [-0.25, -0.2) is 0 Å². The lowest BCUT2D eigenvalue weighted by Crippen LogP contribution is -2.38. The molecule has 6 nitrogen and oxygen atoms in total. The third-order valence-corrected chi connectivity index (χ3v) is 4.40. The SMILES string of the molecule is CC(C)N(CCC(=O)O)C1=NS(=O)(=O)c2ccccc21. The largest absolute Gasteiger partial charge is 0.481 e. The summed E-state index contributed by atoms with van der Waals surface area (Å²) in [5.74, 6) is -0.595. The molecule has 1 aliphatic heterocycles. The monoisotopic (exact) mass is 296 g/mol. The van der Waals surface area contributed by atoms with Gasteiger partial charge in [-0.3, -0.25) is 4.79 Å². The molecule has 1 heterocycles. The maximum Gasteiger partial charge on any atom is 0.305 e. The van der Waals surface area contributed by atoms with Crippen LogP contribution in [0.5, 0.6) is 0 Å². The molecule has 0 saturated heterocycles. The first-order valence-electron chi connectivity index (χ1n) is 6.26. The summed E-state index contributed by atoms with van der Waals surface area (Å²) < 4.78 is 27.8. The highest BCUT2D eigenvalue weighted by atomic mass is 32.2. The number of sulfonamides is 1. The van der Waals surface area contributed by atoms with Crippen LogP contribution >= 0.6 is 0 Å². The Bertz CT molecular complexity index is 665. The van der Waals surface area contributed by atoms with Gasteiger partial charge >= 0.3 is 5.97 Å². The minimum atomic E-state index is -3.67. The second kappa shape index (κ2) is 5.24. The number of carboxylic acid groups (broad SMARTS) is 1. The molecule has 0 unspecified atom stereocenters. The van der Waals surface area contributed by atoms with Crippen molar-refractivity contribution in [2.24, 2.45) is 4.40 Å². The predicted octanol–water partition coefficient (Wildman–Crippen LogP) is 1.32. The van der Waals surface area contributed by atoms with Gasteiger partial charge in [0.05, 0.1) is 6.42 Å². The number of rotatable bonds is 4. The number of benzene rings is 1. The van der Waals surface area contributed by atoms with E-state index in [1.165, 1.54) is 6.07 Å². The van der Waals surface area contributed by atoms with Gasteiger partial charge in [0.2, 0.25) is 0 Å². The third kappa shape index (κ3) is 2.67. The first kappa shape index (κ1) is 14.5. The van der Waals surface area contributed by atoms with E-state index in [1.54, 1.807) is 23.1 Å². The zero-order valence-corrected chi connectivity index (χ0v) is 12.1. The molecule has 0 aliphatic carbocycles. The Kier molecular flexibility index (Phi) is 3.80. The maximum atomic E-state index is 12.0. The van der Waals surface area contributed by atoms with Crippen molar-refractivity contribution >= 4 is 21.8 Å². The van der Waals surface area contributed by atoms with Gasteiger partial charge in [0.15, 0.2) is 5.84 Å². The van der Waals surface area contributed by atoms with E-state index in [9.17, 15) is 13.2 Å². The second-order valence-corrected chi connectivity index (χ2v) is 6.39. The highest BCUT2D eigenvalue weighted by molar-refractivity contribution is 7.90. The third-order valence-electron chi connectivity index (χ3n) is 3.07. The molecule has 1 N–H and O–H groups in total. The first-order chi connectivity index (χ1) is 9.33. The predicted molar refractivity (Wildman–Crippen MR) is 74.3 cm³/mol. The molecule has 2 rings (SSSR count). The van der Waals surface area contributed by atoms with Crippen LogP contribution < -0.4 is 0 Å². The molecule has 0 atom stereocenters. The fraction of sp³-hybridized carbons (Fsp3) is 0.385. The first-order valence-corrected chi connectivity index (χ1v) is 7.70. The summed E-state index contributed by atoms with van der Waals surface area (Å²) in [6.07, 6.45) is -0.0700. The van der Waals surface area contributed by atoms with Crippen molar-refractivity contribution < 1.29 is 18.3 Å². The van der Waals surface area contributed by atoms with E-state index in [2.05, 4.69) is 4.40 Å². The highest BCUT2D eigenvalue weighted by Crippen LogP contribution is 2.28. The minimum absolute atomic E-state index is 0.0468. The molecule has 7 heteroatoms. The van der Waals surface area contributed by atoms with E-state index in [-0.39, 0.29) is 23.9 Å². The lowest BCUT2D eigenvalue weighted by Gasteiger charge is -2.28. The highest BCUT2D eigenvalue weighted by Gasteiger charge is 2.32. The molecule has 0 spiro atoms. The summed E-state index contributed by atoms with van der Waals surface area (Å²) in [5, 5.41) is 8.80. The van der Waals surface area contributed by atoms with Crippen molar-refractivity contribution in [2.75, 3.05) is 6.54 Å². The molecule has 0 bridgehead atoms. The summed E-state index contributed by atoms with van der Waals surface area (Å²) in [6, 6.07) is 6.54. The average Bonchev–Trinajstić information content (AvgIpc) is 2.62. The van der Waals surface area contributed by atoms with E-state index >= 15 is 0 Å². The fourth-order valence-electron chi connectivity index (χ4n) is 2.12. The molecular formula is C13H16N2O4S. The van der Waals surface area contributed by atoms with E-state index in [4.69, 9.17) is 5.11 Å². The van der Waals surface area contributed by atoms with E-state index < -0.39 is 16.0 Å². The number of fused-ring (bicyclic) bond motifs is 1. The van der Waals surface area contributed by atoms with Gasteiger partial charge in [-0.1, -0.05) is 12.1 Å². The van der Waals surface area contributed by atoms with Crippen LogP contribution in [0.2, 0.25) is 0 Å². The van der Waals surface area contributed by atoms with E-state index in [0.717, 1.165) is 0 Å². The standard InChI is InChI=1S/C13H16N2O4S/c1-9(2)15(8-7-12(16)17)13-10-5-3-4-6-11(10)20(18,19)14-13/h3-6,9H,7-8H2,1-2H3,(H,16,17). The number of hydrogen-bond donors (Lipinski definition) is 1. The average molecular weight is 296 g/mol. The Hall–Kier alpha value is -1.89. The van der Waals surface area contributed by atoms with Gasteiger partial charge in [0.1, 0.15) is 4.90 Å². The van der Waals surface area contributed by atoms with Gasteiger partial charge in [-0.05, 0) is 26.0 Å². The Labute approximate surface area is 117 Å². The van der Waals surface area contributed by atoms with Crippen LogP contribution in [-0.2, 0) is 14.8 Å². The number of carboxylic acids is 1. The molecule has 108 valence electrons. The van der Waals surface area contributed by atoms with Crippen molar-refractivity contribution in [1.82, 2.24) is 4.90 Å². The van der Waals surface area contributed by atoms with Crippen LogP contribution in [0, 0.1) is 0 Å². The van der Waals surface area contributed by atoms with E-state index in [1.807, 2.05) is 13.8 Å². The zero-order chi connectivity index (χ0) is 14.9. The van der Waals surface area contributed by atoms with Crippen molar-refractivity contribution in [2.45, 2.75) is 31.2 Å². The zero-order valence-electron chi connectivity index (χ0n) is 11.3. The van der Waals surface area contributed by atoms with Crippen LogP contribution in [0.4, 0.5) is 0 Å². The minimum Gasteiger partial charge on any atom is -0.481 e. The molecule has 20 heavy (non-hydrogen) atoms. The summed E-state index contributed by atoms with van der Waals surface area (Å²) in [7, 11) is -3.67. The summed E-state index contributed by atoms with van der Waals surface area (Å²) in [4.78, 5) is 12.6. The maximum absolute atomic E-state index is 12.0. The molecule has 1 aliphatic rings. The van der Waals surface area contributed by atoms with Gasteiger partial charge in [-0.2, -0.15) is 8.42 Å². The summed E-state index contributed by atoms with van der Waals surface area (Å²) in [5.41, 5.74) is 0.534. The normalized spacial score (nSPS) is 15.8. The molecule has 1 aromatic rings. The van der Waals surface area contributed by atoms with Crippen LogP contribution in [0.3, 0.4) is 0 Å². The molecule has 0 saturated carbocycles. The molecular weight excluding hydrogens is 280 g/mol. The van der Waals surface area contributed by atoms with Crippen molar-refractivity contribution in [3.8, 4) is 0 Å². The fourth-order valence-corrected chi connectivity index (χ4v) is 3.34. The summed E-state index contributed by atoms with van der Waals surface area (Å²) >= 11 is 0. The van der Waals surface area contributed by atoms with Crippen LogP contribution in [0.1, 0.15) is 25.8 Å². The number of carbonyl (C=O) groups is 1. The summed E-state index contributed by atoms with van der Waals surface area (Å²) in [6.45, 7) is 3.96. The van der Waals surface area contributed by atoms with Gasteiger partial charge in [-0.15, -0.1) is 4.40 Å². The van der Waals surface area contributed by atoms with Gasteiger partial charge < -0.3 is 10.0 Å². The second-order valence-electron chi connectivity index (χ2n) is 4.82. The molecule has 0 radical (unpaired) electrons. The number of amidine groups is 1. The van der Waals surface area contributed by atoms with Crippen molar-refractivity contribution in [3.05, 3.63) is 29.8 Å². The van der Waals surface area contributed by atoms with Gasteiger partial charge in [0, 0.05) is 18.2 Å². The van der Waals surface area contributed by atoms with Crippen molar-refractivity contribution in [3.63, 3.8) is 0 Å². The molecule has 0 amide bonds. The smallest absolute Gasteiger partial charge is 0.305 e. The number of nitrogens with zero attached hydrogens (tertiary/aromatic N) is 2. The Morgan fingerprint density at radius 3 is 2.60 bits per heavy atom. The van der Waals surface area contributed by atoms with Crippen LogP contribution in [-0.4, -0.2) is 42.8 Å². The quantitative estimate of drug-likeness (QED) is 0.905. The van der Waals surface area contributed by atoms with Crippen LogP contribution in [0.25, 0.3) is 0 Å². The van der Waals surface area contributed by atoms with Crippen molar-refractivity contribution in [1.29, 1.82) is 0 Å². The Morgan fingerprint density at radius 2 is 2.00 bits per heavy atom. The molecule has 0 fully saturated rings. The number of hydrogen-bond acceptors (Lipinski definition) is 4.